The van der Waals surface area contributed by atoms with E-state index < -0.39 is 11.3 Å². The van der Waals surface area contributed by atoms with Gasteiger partial charge < -0.3 is 15.2 Å². The van der Waals surface area contributed by atoms with Gasteiger partial charge in [0.2, 0.25) is 11.7 Å². The molecule has 2 spiro atoms. The molecule has 36 heavy (non-hydrogen) atoms. The molecule has 1 aliphatic carbocycles. The number of hydroxylamine groups is 2. The Morgan fingerprint density at radius 1 is 1.08 bits per heavy atom. The zero-order valence-electron chi connectivity index (χ0n) is 20.5. The summed E-state index contributed by atoms with van der Waals surface area (Å²) in [6.07, 6.45) is 4.13. The van der Waals surface area contributed by atoms with E-state index in [4.69, 9.17) is 25.0 Å². The lowest BCUT2D eigenvalue weighted by Crippen LogP contribution is -2.49. The molecule has 0 unspecified atom stereocenters. The minimum Gasteiger partial charge on any atom is -0.497 e. The molecule has 0 fully saturated rings. The molecule has 0 aromatic heterocycles. The Bertz CT molecular complexity index is 1430. The lowest BCUT2D eigenvalue weighted by Gasteiger charge is -2.45. The minimum absolute atomic E-state index is 0.341. The maximum atomic E-state index is 9.36. The molecule has 3 aromatic carbocycles. The van der Waals surface area contributed by atoms with Crippen LogP contribution in [0.4, 0.5) is 0 Å². The molecule has 6 rings (SSSR count). The third-order valence-corrected chi connectivity index (χ3v) is 7.52. The summed E-state index contributed by atoms with van der Waals surface area (Å²) in [7, 11) is 3.48. The van der Waals surface area contributed by atoms with Crippen molar-refractivity contribution >= 4 is 5.96 Å². The number of ether oxygens (including phenoxy) is 2. The highest BCUT2D eigenvalue weighted by molar-refractivity contribution is 5.79. The summed E-state index contributed by atoms with van der Waals surface area (Å²) in [4.78, 5) is 11.3. The maximum absolute atomic E-state index is 9.36. The Labute approximate surface area is 210 Å². The second-order valence-electron chi connectivity index (χ2n) is 9.87. The van der Waals surface area contributed by atoms with E-state index in [-0.39, 0.29) is 0 Å². The monoisotopic (exact) mass is 480 g/mol. The lowest BCUT2D eigenvalue weighted by atomic mass is 9.78. The van der Waals surface area contributed by atoms with Crippen molar-refractivity contribution in [3.05, 3.63) is 82.9 Å². The lowest BCUT2D eigenvalue weighted by molar-refractivity contribution is -0.204. The van der Waals surface area contributed by atoms with Gasteiger partial charge >= 0.3 is 0 Å². The molecule has 0 radical (unpaired) electrons. The summed E-state index contributed by atoms with van der Waals surface area (Å²) in [5.41, 5.74) is 10.7. The van der Waals surface area contributed by atoms with Gasteiger partial charge in [-0.15, -0.1) is 0 Å². The molecule has 7 heteroatoms. The number of benzene rings is 3. The van der Waals surface area contributed by atoms with E-state index in [0.717, 1.165) is 53.9 Å². The Morgan fingerprint density at radius 3 is 2.72 bits per heavy atom. The van der Waals surface area contributed by atoms with Crippen LogP contribution in [0.3, 0.4) is 0 Å². The first-order valence-corrected chi connectivity index (χ1v) is 12.2. The van der Waals surface area contributed by atoms with Crippen LogP contribution >= 0.6 is 0 Å². The van der Waals surface area contributed by atoms with Crippen LogP contribution < -0.4 is 15.2 Å². The van der Waals surface area contributed by atoms with Crippen molar-refractivity contribution in [3.63, 3.8) is 0 Å². The van der Waals surface area contributed by atoms with Gasteiger partial charge in [0.05, 0.1) is 24.3 Å². The molecule has 3 aromatic rings. The standard InChI is InChI=1S/C29H28N4O3/c1-33-27(31)32-29(36-33)18-28(12-4-7-21-14-24(34-2)10-8-23(21)16-28)35-26-11-9-22(15-25(26)29)20-6-3-5-19(13-20)17-30/h3,5-6,8-11,13-15H,4,7,12,16,18H2,1-2H3,(H2,31,32)/t28-,29-/m0/s1. The predicted octanol–water partition coefficient (Wildman–Crippen LogP) is 4.68. The third kappa shape index (κ3) is 3.66. The topological polar surface area (TPSA) is 93.1 Å². The third-order valence-electron chi connectivity index (χ3n) is 7.52. The first-order chi connectivity index (χ1) is 17.4. The number of guanidine groups is 1. The molecule has 182 valence electrons. The molecule has 3 aliphatic rings. The quantitative estimate of drug-likeness (QED) is 0.573. The average Bonchev–Trinajstić information content (AvgIpc) is 3.06. The smallest absolute Gasteiger partial charge is 0.222 e. The first-order valence-electron chi connectivity index (χ1n) is 12.2. The fourth-order valence-corrected chi connectivity index (χ4v) is 5.81. The summed E-state index contributed by atoms with van der Waals surface area (Å²) in [5.74, 6) is 1.97. The number of hydrogen-bond donors (Lipinski definition) is 1. The summed E-state index contributed by atoms with van der Waals surface area (Å²) < 4.78 is 12.3. The molecule has 2 aliphatic heterocycles. The molecule has 2 heterocycles. The number of aliphatic imine (C=N–C) groups is 1. The second-order valence-corrected chi connectivity index (χ2v) is 9.87. The van der Waals surface area contributed by atoms with Crippen molar-refractivity contribution in [2.75, 3.05) is 14.2 Å². The van der Waals surface area contributed by atoms with Gasteiger partial charge in [-0.25, -0.2) is 14.9 Å². The van der Waals surface area contributed by atoms with E-state index in [1.807, 2.05) is 36.4 Å². The number of aryl methyl sites for hydroxylation is 1. The van der Waals surface area contributed by atoms with Crippen molar-refractivity contribution in [1.82, 2.24) is 5.06 Å². The van der Waals surface area contributed by atoms with Crippen molar-refractivity contribution < 1.29 is 14.3 Å². The number of nitrogens with zero attached hydrogens (tertiary/aromatic N) is 3. The normalized spacial score (nSPS) is 24.4. The Kier molecular flexibility index (Phi) is 5.16. The number of methoxy groups -OCH3 is 1. The van der Waals surface area contributed by atoms with Crippen LogP contribution in [-0.2, 0) is 23.4 Å². The van der Waals surface area contributed by atoms with E-state index in [9.17, 15) is 5.26 Å². The van der Waals surface area contributed by atoms with Gasteiger partial charge in [-0.3, -0.25) is 0 Å². The van der Waals surface area contributed by atoms with Gasteiger partial charge in [0.15, 0.2) is 0 Å². The molecule has 2 atom stereocenters. The van der Waals surface area contributed by atoms with Crippen molar-refractivity contribution in [2.45, 2.75) is 43.4 Å². The zero-order valence-corrected chi connectivity index (χ0v) is 20.5. The highest BCUT2D eigenvalue weighted by Crippen LogP contribution is 2.53. The number of nitriles is 1. The fraction of sp³-hybridized carbons (Fsp3) is 0.310. The fourth-order valence-electron chi connectivity index (χ4n) is 5.81. The van der Waals surface area contributed by atoms with Crippen LogP contribution in [0.1, 0.15) is 41.5 Å². The van der Waals surface area contributed by atoms with Crippen molar-refractivity contribution in [3.8, 4) is 28.7 Å². The molecule has 0 bridgehead atoms. The van der Waals surface area contributed by atoms with E-state index >= 15 is 0 Å². The number of hydrogen-bond acceptors (Lipinski definition) is 7. The molecule has 7 nitrogen and oxygen atoms in total. The van der Waals surface area contributed by atoms with Crippen molar-refractivity contribution in [1.29, 1.82) is 5.26 Å². The Balaban J connectivity index is 1.45. The molecule has 0 saturated heterocycles. The van der Waals surface area contributed by atoms with Crippen molar-refractivity contribution in [2.24, 2.45) is 10.7 Å². The van der Waals surface area contributed by atoms with Crippen LogP contribution in [0.15, 0.2) is 65.7 Å². The van der Waals surface area contributed by atoms with E-state index in [2.05, 4.69) is 24.3 Å². The van der Waals surface area contributed by atoms with Crippen LogP contribution in [-0.4, -0.2) is 30.8 Å². The zero-order chi connectivity index (χ0) is 24.9. The van der Waals surface area contributed by atoms with Crippen LogP contribution in [0.2, 0.25) is 0 Å². The summed E-state index contributed by atoms with van der Waals surface area (Å²) in [5, 5.41) is 10.9. The van der Waals surface area contributed by atoms with E-state index in [0.29, 0.717) is 17.9 Å². The highest BCUT2D eigenvalue weighted by Gasteiger charge is 2.54. The van der Waals surface area contributed by atoms with Gasteiger partial charge in [0.25, 0.3) is 0 Å². The predicted molar refractivity (Wildman–Crippen MR) is 136 cm³/mol. The van der Waals surface area contributed by atoms with Crippen LogP contribution in [0.5, 0.6) is 11.5 Å². The minimum atomic E-state index is -0.980. The molecule has 0 amide bonds. The Morgan fingerprint density at radius 2 is 1.94 bits per heavy atom. The molecular formula is C29H28N4O3. The summed E-state index contributed by atoms with van der Waals surface area (Å²) >= 11 is 0. The molecular weight excluding hydrogens is 452 g/mol. The molecule has 2 N–H and O–H groups in total. The number of rotatable bonds is 2. The van der Waals surface area contributed by atoms with Gasteiger partial charge in [0.1, 0.15) is 17.1 Å². The summed E-state index contributed by atoms with van der Waals surface area (Å²) in [6, 6.07) is 22.2. The highest BCUT2D eigenvalue weighted by atomic mass is 16.7. The van der Waals surface area contributed by atoms with Crippen LogP contribution in [0.25, 0.3) is 11.1 Å². The van der Waals surface area contributed by atoms with Gasteiger partial charge in [-0.05, 0) is 77.9 Å². The SMILES string of the molecule is COc1ccc2c(c1)CCC[C@]1(C2)C[C@@]2(N=C(N)N(C)O2)c2cc(-c3cccc(C#N)c3)ccc2O1. The van der Waals surface area contributed by atoms with Crippen LogP contribution in [0, 0.1) is 11.3 Å². The first kappa shape index (κ1) is 22.4. The number of fused-ring (bicyclic) bond motifs is 3. The second kappa shape index (κ2) is 8.28. The maximum Gasteiger partial charge on any atom is 0.222 e. The van der Waals surface area contributed by atoms with E-state index in [1.54, 1.807) is 25.3 Å². The molecule has 0 saturated carbocycles. The summed E-state index contributed by atoms with van der Waals surface area (Å²) in [6.45, 7) is 0. The van der Waals surface area contributed by atoms with Gasteiger partial charge in [0, 0.05) is 19.9 Å². The van der Waals surface area contributed by atoms with E-state index in [1.165, 1.54) is 11.1 Å². The number of nitrogens with two attached hydrogens (primary N) is 1. The Hall–Kier alpha value is -4.02. The average molecular weight is 481 g/mol. The largest absolute Gasteiger partial charge is 0.497 e. The van der Waals surface area contributed by atoms with Gasteiger partial charge in [-0.2, -0.15) is 5.26 Å². The van der Waals surface area contributed by atoms with Gasteiger partial charge in [-0.1, -0.05) is 24.3 Å².